The Morgan fingerprint density at radius 2 is 1.30 bits per heavy atom. The van der Waals surface area contributed by atoms with Gasteiger partial charge in [0.25, 0.3) is 0 Å². The lowest BCUT2D eigenvalue weighted by molar-refractivity contribution is -0.00000339. The second kappa shape index (κ2) is 7.13. The molecule has 0 N–H and O–H groups in total. The Kier molecular flexibility index (Phi) is 5.74. The molecule has 0 atom stereocenters. The maximum absolute atomic E-state index is 5.89. The summed E-state index contributed by atoms with van der Waals surface area (Å²) in [4.78, 5) is 4.66. The first kappa shape index (κ1) is 16.1. The quantitative estimate of drug-likeness (QED) is 0.331. The molecule has 20 heavy (non-hydrogen) atoms. The van der Waals surface area contributed by atoms with Gasteiger partial charge in [-0.2, -0.15) is 4.98 Å². The Bertz CT molecular complexity index is 636. The van der Waals surface area contributed by atoms with Crippen molar-refractivity contribution in [2.24, 2.45) is 0 Å². The molecule has 102 valence electrons. The molecule has 0 amide bonds. The summed E-state index contributed by atoms with van der Waals surface area (Å²) >= 11 is 11.8. The third-order valence-corrected chi connectivity index (χ3v) is 5.34. The lowest BCUT2D eigenvalue weighted by Crippen LogP contribution is -3.00. The zero-order chi connectivity index (χ0) is 13.2. The molecule has 0 aliphatic rings. The summed E-state index contributed by atoms with van der Waals surface area (Å²) in [5.41, 5.74) is 2.18. The number of rotatable bonds is 2. The summed E-state index contributed by atoms with van der Waals surface area (Å²) in [6.45, 7) is 0. The molecule has 0 fully saturated rings. The minimum atomic E-state index is 0. The number of nitrogens with zero attached hydrogens (tertiary/aromatic N) is 1. The fourth-order valence-electron chi connectivity index (χ4n) is 1.62. The van der Waals surface area contributed by atoms with E-state index in [9.17, 15) is 0 Å². The third-order valence-electron chi connectivity index (χ3n) is 2.58. The second-order valence-electron chi connectivity index (χ2n) is 3.90. The molecule has 0 saturated heterocycles. The van der Waals surface area contributed by atoms with Gasteiger partial charge in [-0.3, -0.25) is 0 Å². The highest BCUT2D eigenvalue weighted by Gasteiger charge is 2.19. The summed E-state index contributed by atoms with van der Waals surface area (Å²) in [7, 11) is 3.32. The van der Waals surface area contributed by atoms with E-state index in [1.54, 1.807) is 20.7 Å². The van der Waals surface area contributed by atoms with Gasteiger partial charge in [0.1, 0.15) is 0 Å². The van der Waals surface area contributed by atoms with Crippen molar-refractivity contribution < 1.29 is 24.0 Å². The monoisotopic (exact) mass is 451 g/mol. The number of benzene rings is 2. The normalized spacial score (nSPS) is 10.1. The second-order valence-corrected chi connectivity index (χ2v) is 6.88. The number of halogens is 3. The van der Waals surface area contributed by atoms with Crippen molar-refractivity contribution >= 4 is 43.9 Å². The molecule has 0 aliphatic carbocycles. The molecule has 0 saturated carbocycles. The predicted molar refractivity (Wildman–Crippen MR) is 85.3 cm³/mol. The van der Waals surface area contributed by atoms with Crippen LogP contribution in [0.4, 0.5) is 0 Å². The van der Waals surface area contributed by atoms with Gasteiger partial charge in [-0.25, -0.2) is 0 Å². The highest BCUT2D eigenvalue weighted by molar-refractivity contribution is 7.71. The lowest BCUT2D eigenvalue weighted by Gasteiger charge is -1.93. The van der Waals surface area contributed by atoms with E-state index in [2.05, 4.69) is 4.98 Å². The largest absolute Gasteiger partial charge is 1.00 e. The van der Waals surface area contributed by atoms with Gasteiger partial charge in [-0.05, 0) is 36.4 Å². The highest BCUT2D eigenvalue weighted by atomic mass is 127. The van der Waals surface area contributed by atoms with E-state index < -0.39 is 0 Å². The minimum Gasteiger partial charge on any atom is -1.00 e. The SMILES string of the molecule is Clc1ccc(-c2nc(-c3ccc(Cl)cc3)[s+]s2)cc1.[I-]. The van der Waals surface area contributed by atoms with Crippen LogP contribution in [-0.4, -0.2) is 4.98 Å². The summed E-state index contributed by atoms with van der Waals surface area (Å²) in [5, 5.41) is 3.49. The summed E-state index contributed by atoms with van der Waals surface area (Å²) < 4.78 is 0. The van der Waals surface area contributed by atoms with Gasteiger partial charge in [-0.1, -0.05) is 35.3 Å². The van der Waals surface area contributed by atoms with Gasteiger partial charge in [0.15, 0.2) is 15.3 Å². The Labute approximate surface area is 151 Å². The number of hydrogen-bond donors (Lipinski definition) is 0. The van der Waals surface area contributed by atoms with Gasteiger partial charge in [0, 0.05) is 15.6 Å². The summed E-state index contributed by atoms with van der Waals surface area (Å²) in [5.74, 6) is 0. The molecule has 0 unspecified atom stereocenters. The molecule has 2 aromatic carbocycles. The Hall–Kier alpha value is -0.270. The van der Waals surface area contributed by atoms with Crippen LogP contribution in [-0.2, 0) is 0 Å². The fourth-order valence-corrected chi connectivity index (χ4v) is 4.08. The molecule has 6 heteroatoms. The van der Waals surface area contributed by atoms with E-state index in [1.807, 2.05) is 48.5 Å². The van der Waals surface area contributed by atoms with E-state index in [-0.39, 0.29) is 24.0 Å². The van der Waals surface area contributed by atoms with Crippen LogP contribution in [0.3, 0.4) is 0 Å². The molecule has 3 aromatic rings. The van der Waals surface area contributed by atoms with Gasteiger partial charge in [0.05, 0.1) is 5.56 Å². The molecule has 1 aromatic heterocycles. The van der Waals surface area contributed by atoms with Crippen molar-refractivity contribution in [3.05, 3.63) is 58.6 Å². The molecule has 1 nitrogen and oxygen atoms in total. The van der Waals surface area contributed by atoms with Crippen molar-refractivity contribution in [1.82, 2.24) is 4.98 Å². The first-order valence-corrected chi connectivity index (χ1v) is 8.45. The molecule has 0 aliphatic heterocycles. The van der Waals surface area contributed by atoms with E-state index in [4.69, 9.17) is 23.2 Å². The van der Waals surface area contributed by atoms with Crippen molar-refractivity contribution in [3.8, 4) is 21.1 Å². The fraction of sp³-hybridized carbons (Fsp3) is 0. The van der Waals surface area contributed by atoms with Crippen LogP contribution in [0.1, 0.15) is 0 Å². The molecule has 3 rings (SSSR count). The van der Waals surface area contributed by atoms with Crippen LogP contribution in [0.25, 0.3) is 21.1 Å². The molecule has 1 heterocycles. The maximum atomic E-state index is 5.89. The van der Waals surface area contributed by atoms with E-state index in [0.717, 1.165) is 31.2 Å². The predicted octanol–water partition coefficient (Wildman–Crippen LogP) is 3.13. The van der Waals surface area contributed by atoms with Crippen LogP contribution in [0.5, 0.6) is 0 Å². The Morgan fingerprint density at radius 3 is 1.85 bits per heavy atom. The standard InChI is InChI=1S/C14H8Cl2NS2.HI/c15-11-5-1-9(2-6-11)13-17-14(19-18-13)10-3-7-12(16)8-4-10;/h1-8H;1H/q+1;/p-1. The van der Waals surface area contributed by atoms with Crippen molar-refractivity contribution in [2.75, 3.05) is 0 Å². The highest BCUT2D eigenvalue weighted by Crippen LogP contribution is 2.34. The van der Waals surface area contributed by atoms with E-state index in [0.29, 0.717) is 0 Å². The third kappa shape index (κ3) is 3.68. The first-order valence-electron chi connectivity index (χ1n) is 5.54. The Balaban J connectivity index is 0.00000147. The number of hydrogen-bond acceptors (Lipinski definition) is 2. The van der Waals surface area contributed by atoms with Crippen LogP contribution in [0.15, 0.2) is 48.5 Å². The zero-order valence-electron chi connectivity index (χ0n) is 10.0. The van der Waals surface area contributed by atoms with Crippen molar-refractivity contribution in [1.29, 1.82) is 0 Å². The molecule has 0 spiro atoms. The summed E-state index contributed by atoms with van der Waals surface area (Å²) in [6.07, 6.45) is 0. The number of aromatic nitrogens is 1. The smallest absolute Gasteiger partial charge is 0.348 e. The summed E-state index contributed by atoms with van der Waals surface area (Å²) in [6, 6.07) is 15.5. The first-order chi connectivity index (χ1) is 9.22. The zero-order valence-corrected chi connectivity index (χ0v) is 15.3. The average Bonchev–Trinajstić information content (AvgIpc) is 2.90. The van der Waals surface area contributed by atoms with E-state index in [1.165, 1.54) is 0 Å². The van der Waals surface area contributed by atoms with E-state index >= 15 is 0 Å². The van der Waals surface area contributed by atoms with Gasteiger partial charge >= 0.3 is 15.3 Å². The lowest BCUT2D eigenvalue weighted by atomic mass is 10.2. The van der Waals surface area contributed by atoms with Crippen molar-refractivity contribution in [3.63, 3.8) is 0 Å². The van der Waals surface area contributed by atoms with Crippen molar-refractivity contribution in [2.45, 2.75) is 0 Å². The van der Waals surface area contributed by atoms with Crippen LogP contribution in [0, 0.1) is 0 Å². The molecular weight excluding hydrogens is 444 g/mol. The van der Waals surface area contributed by atoms with Gasteiger partial charge in [-0.15, -0.1) is 0 Å². The Morgan fingerprint density at radius 1 is 0.800 bits per heavy atom. The average molecular weight is 452 g/mol. The van der Waals surface area contributed by atoms with Crippen LogP contribution >= 0.6 is 43.9 Å². The molecule has 0 bridgehead atoms. The maximum Gasteiger partial charge on any atom is 0.348 e. The van der Waals surface area contributed by atoms with Gasteiger partial charge < -0.3 is 24.0 Å². The molecular formula is C14H8Cl2INS2. The molecule has 0 radical (unpaired) electrons. The topological polar surface area (TPSA) is 12.9 Å². The van der Waals surface area contributed by atoms with Gasteiger partial charge in [0.2, 0.25) is 0 Å². The van der Waals surface area contributed by atoms with Crippen LogP contribution in [0.2, 0.25) is 10.0 Å². The minimum absolute atomic E-state index is 0. The van der Waals surface area contributed by atoms with Crippen LogP contribution < -0.4 is 24.0 Å².